The molecule has 142 valence electrons. The topological polar surface area (TPSA) is 89.2 Å². The molecule has 0 bridgehead atoms. The average Bonchev–Trinajstić information content (AvgIpc) is 2.56. The van der Waals surface area contributed by atoms with Crippen LogP contribution in [-0.4, -0.2) is 50.7 Å². The van der Waals surface area contributed by atoms with Crippen LogP contribution in [0.2, 0.25) is 0 Å². The van der Waals surface area contributed by atoms with E-state index in [0.29, 0.717) is 19.1 Å². The minimum atomic E-state index is 0.0427. The van der Waals surface area contributed by atoms with Crippen LogP contribution in [0.4, 0.5) is 0 Å². The zero-order chi connectivity index (χ0) is 18.0. The molecular weight excluding hydrogens is 302 g/mol. The molecule has 0 aromatic heterocycles. The summed E-state index contributed by atoms with van der Waals surface area (Å²) >= 11 is 0. The molecule has 0 fully saturated rings. The first-order valence-electron chi connectivity index (χ1n) is 9.46. The summed E-state index contributed by atoms with van der Waals surface area (Å²) in [6, 6.07) is 0. The fourth-order valence-electron chi connectivity index (χ4n) is 2.46. The number of hydrogen-bond acceptors (Lipinski definition) is 2. The van der Waals surface area contributed by atoms with Crippen LogP contribution in [-0.2, 0) is 4.74 Å². The van der Waals surface area contributed by atoms with Crippen molar-refractivity contribution < 1.29 is 4.74 Å². The van der Waals surface area contributed by atoms with Crippen LogP contribution in [0.15, 0.2) is 9.98 Å². The second kappa shape index (κ2) is 16.6. The molecule has 6 heteroatoms. The van der Waals surface area contributed by atoms with Crippen molar-refractivity contribution in [2.24, 2.45) is 21.5 Å². The first kappa shape index (κ1) is 22.7. The Kier molecular flexibility index (Phi) is 15.7. The third-order valence-corrected chi connectivity index (χ3v) is 3.97. The fraction of sp³-hybridized carbons (Fsp3) is 0.889. The smallest absolute Gasteiger partial charge is 0.223 e. The summed E-state index contributed by atoms with van der Waals surface area (Å²) in [7, 11) is 3.60. The standard InChI is InChI=1S/C18H39N5O/c1-4-5-6-7-8-9-10-11-12-13-14-21-18(22-17(19)20)23(2)15-16-24-3/h4-16H2,1-3H3,(H4,19,20,21,22). The molecule has 0 spiro atoms. The molecule has 0 rings (SSSR count). The maximum Gasteiger partial charge on any atom is 0.223 e. The molecule has 0 aromatic carbocycles. The minimum Gasteiger partial charge on any atom is -0.383 e. The van der Waals surface area contributed by atoms with Crippen LogP contribution in [0.25, 0.3) is 0 Å². The number of likely N-dealkylation sites (N-methyl/N-ethyl adjacent to an activating group) is 1. The van der Waals surface area contributed by atoms with E-state index in [2.05, 4.69) is 16.9 Å². The Labute approximate surface area is 148 Å². The monoisotopic (exact) mass is 341 g/mol. The van der Waals surface area contributed by atoms with Crippen molar-refractivity contribution >= 4 is 11.9 Å². The molecule has 0 aliphatic carbocycles. The Morgan fingerprint density at radius 1 is 0.917 bits per heavy atom. The normalized spacial score (nSPS) is 11.5. The molecule has 0 unspecified atom stereocenters. The summed E-state index contributed by atoms with van der Waals surface area (Å²) in [5.41, 5.74) is 11.0. The summed E-state index contributed by atoms with van der Waals surface area (Å²) in [4.78, 5) is 10.5. The quantitative estimate of drug-likeness (QED) is 0.288. The largest absolute Gasteiger partial charge is 0.383 e. The van der Waals surface area contributed by atoms with Crippen LogP contribution < -0.4 is 11.5 Å². The van der Waals surface area contributed by atoms with Crippen LogP contribution in [0.5, 0.6) is 0 Å². The maximum atomic E-state index is 5.48. The Hall–Kier alpha value is -1.30. The first-order valence-corrected chi connectivity index (χ1v) is 9.46. The summed E-state index contributed by atoms with van der Waals surface area (Å²) in [6.45, 7) is 4.36. The van der Waals surface area contributed by atoms with E-state index in [1.165, 1.54) is 57.8 Å². The molecule has 0 heterocycles. The molecule has 24 heavy (non-hydrogen) atoms. The highest BCUT2D eigenvalue weighted by molar-refractivity contribution is 5.93. The summed E-state index contributed by atoms with van der Waals surface area (Å²) in [5, 5.41) is 0. The van der Waals surface area contributed by atoms with E-state index in [-0.39, 0.29) is 5.96 Å². The SMILES string of the molecule is CCCCCCCCCCCCN=C(N=C(N)N)N(C)CCOC. The van der Waals surface area contributed by atoms with E-state index in [0.717, 1.165) is 13.0 Å². The predicted octanol–water partition coefficient (Wildman–Crippen LogP) is 3.11. The first-order chi connectivity index (χ1) is 11.6. The molecular formula is C18H39N5O. The number of methoxy groups -OCH3 is 1. The van der Waals surface area contributed by atoms with Crippen LogP contribution in [0.3, 0.4) is 0 Å². The molecule has 0 radical (unpaired) electrons. The molecule has 6 nitrogen and oxygen atoms in total. The van der Waals surface area contributed by atoms with Gasteiger partial charge in [0, 0.05) is 27.2 Å². The summed E-state index contributed by atoms with van der Waals surface area (Å²) in [6.07, 6.45) is 13.2. The van der Waals surface area contributed by atoms with E-state index in [9.17, 15) is 0 Å². The zero-order valence-electron chi connectivity index (χ0n) is 16.1. The molecule has 0 atom stereocenters. The zero-order valence-corrected chi connectivity index (χ0v) is 16.1. The van der Waals surface area contributed by atoms with Crippen molar-refractivity contribution in [3.8, 4) is 0 Å². The Balaban J connectivity index is 3.84. The lowest BCUT2D eigenvalue weighted by molar-refractivity contribution is 0.182. The van der Waals surface area contributed by atoms with Crippen molar-refractivity contribution in [3.05, 3.63) is 0 Å². The van der Waals surface area contributed by atoms with Gasteiger partial charge in [-0.15, -0.1) is 0 Å². The number of nitrogens with two attached hydrogens (primary N) is 2. The number of unbranched alkanes of at least 4 members (excludes halogenated alkanes) is 9. The highest BCUT2D eigenvalue weighted by atomic mass is 16.5. The van der Waals surface area contributed by atoms with Gasteiger partial charge in [-0.2, -0.15) is 4.99 Å². The second-order valence-electron chi connectivity index (χ2n) is 6.31. The lowest BCUT2D eigenvalue weighted by Gasteiger charge is -2.17. The van der Waals surface area contributed by atoms with Gasteiger partial charge in [-0.3, -0.25) is 4.99 Å². The van der Waals surface area contributed by atoms with Crippen molar-refractivity contribution in [2.45, 2.75) is 71.1 Å². The van der Waals surface area contributed by atoms with E-state index in [1.807, 2.05) is 11.9 Å². The van der Waals surface area contributed by atoms with Gasteiger partial charge in [0.05, 0.1) is 6.61 Å². The highest BCUT2D eigenvalue weighted by Crippen LogP contribution is 2.10. The molecule has 0 aliphatic rings. The van der Waals surface area contributed by atoms with Crippen molar-refractivity contribution in [1.29, 1.82) is 0 Å². The predicted molar refractivity (Wildman–Crippen MR) is 104 cm³/mol. The Bertz CT molecular complexity index is 340. The van der Waals surface area contributed by atoms with Gasteiger partial charge in [-0.05, 0) is 6.42 Å². The van der Waals surface area contributed by atoms with Crippen LogP contribution in [0, 0.1) is 0 Å². The number of hydrogen-bond donors (Lipinski definition) is 2. The van der Waals surface area contributed by atoms with E-state index < -0.39 is 0 Å². The number of aliphatic imine (C=N–C) groups is 2. The molecule has 0 aromatic rings. The van der Waals surface area contributed by atoms with Gasteiger partial charge in [0.2, 0.25) is 5.96 Å². The van der Waals surface area contributed by atoms with Crippen molar-refractivity contribution in [3.63, 3.8) is 0 Å². The third-order valence-electron chi connectivity index (χ3n) is 3.97. The Morgan fingerprint density at radius 3 is 1.96 bits per heavy atom. The van der Waals surface area contributed by atoms with Gasteiger partial charge in [-0.25, -0.2) is 0 Å². The van der Waals surface area contributed by atoms with Crippen molar-refractivity contribution in [1.82, 2.24) is 4.90 Å². The minimum absolute atomic E-state index is 0.0427. The van der Waals surface area contributed by atoms with Gasteiger partial charge < -0.3 is 21.1 Å². The number of guanidine groups is 2. The number of nitrogens with zero attached hydrogens (tertiary/aromatic N) is 3. The lowest BCUT2D eigenvalue weighted by atomic mass is 10.1. The Morgan fingerprint density at radius 2 is 1.46 bits per heavy atom. The van der Waals surface area contributed by atoms with E-state index >= 15 is 0 Å². The lowest BCUT2D eigenvalue weighted by Crippen LogP contribution is -2.33. The molecule has 0 saturated carbocycles. The van der Waals surface area contributed by atoms with Crippen molar-refractivity contribution in [2.75, 3.05) is 33.9 Å². The summed E-state index contributed by atoms with van der Waals surface area (Å²) in [5.74, 6) is 0.629. The summed E-state index contributed by atoms with van der Waals surface area (Å²) < 4.78 is 5.07. The van der Waals surface area contributed by atoms with Gasteiger partial charge in [0.25, 0.3) is 0 Å². The molecule has 0 aliphatic heterocycles. The fourth-order valence-corrected chi connectivity index (χ4v) is 2.46. The maximum absolute atomic E-state index is 5.48. The van der Waals surface area contributed by atoms with Gasteiger partial charge in [-0.1, -0.05) is 64.7 Å². The number of rotatable bonds is 14. The van der Waals surface area contributed by atoms with Gasteiger partial charge >= 0.3 is 0 Å². The van der Waals surface area contributed by atoms with Crippen LogP contribution in [0.1, 0.15) is 71.1 Å². The molecule has 0 saturated heterocycles. The average molecular weight is 342 g/mol. The number of ether oxygens (including phenoxy) is 1. The van der Waals surface area contributed by atoms with Crippen LogP contribution >= 0.6 is 0 Å². The van der Waals surface area contributed by atoms with E-state index in [1.54, 1.807) is 7.11 Å². The highest BCUT2D eigenvalue weighted by Gasteiger charge is 2.05. The molecule has 4 N–H and O–H groups in total. The second-order valence-corrected chi connectivity index (χ2v) is 6.31. The van der Waals surface area contributed by atoms with Gasteiger partial charge in [0.15, 0.2) is 5.96 Å². The third kappa shape index (κ3) is 14.3. The molecule has 0 amide bonds. The van der Waals surface area contributed by atoms with E-state index in [4.69, 9.17) is 16.2 Å². The van der Waals surface area contributed by atoms with Gasteiger partial charge in [0.1, 0.15) is 0 Å².